The standard InChI is InChI=1S/C13H16ClNO4/c1-2-3-4-9-5-6-10(8-11(14)13(16)17)12(7-9)15(18)19/h5-7,11H,2-4,8H2,1H3,(H,16,17). The Morgan fingerprint density at radius 2 is 2.21 bits per heavy atom. The lowest BCUT2D eigenvalue weighted by atomic mass is 10.0. The van der Waals surface area contributed by atoms with Crippen LogP contribution in [0.5, 0.6) is 0 Å². The number of unbranched alkanes of at least 4 members (excludes halogenated alkanes) is 1. The number of aliphatic carboxylic acids is 1. The minimum absolute atomic E-state index is 0.0543. The van der Waals surface area contributed by atoms with Crippen molar-refractivity contribution in [3.8, 4) is 0 Å². The number of alkyl halides is 1. The summed E-state index contributed by atoms with van der Waals surface area (Å²) in [5.41, 5.74) is 1.19. The summed E-state index contributed by atoms with van der Waals surface area (Å²) in [7, 11) is 0. The van der Waals surface area contributed by atoms with Gasteiger partial charge in [0.1, 0.15) is 5.38 Å². The maximum atomic E-state index is 11.0. The molecular formula is C13H16ClNO4. The Bertz CT molecular complexity index is 476. The third-order valence-electron chi connectivity index (χ3n) is 2.83. The zero-order valence-electron chi connectivity index (χ0n) is 10.6. The molecule has 0 fully saturated rings. The predicted molar refractivity (Wildman–Crippen MR) is 72.7 cm³/mol. The molecule has 1 aromatic carbocycles. The van der Waals surface area contributed by atoms with E-state index >= 15 is 0 Å². The number of hydrogen-bond acceptors (Lipinski definition) is 3. The largest absolute Gasteiger partial charge is 0.480 e. The Kier molecular flexibility index (Phi) is 5.76. The van der Waals surface area contributed by atoms with Crippen molar-refractivity contribution < 1.29 is 14.8 Å². The number of aryl methyl sites for hydroxylation is 1. The maximum Gasteiger partial charge on any atom is 0.321 e. The summed E-state index contributed by atoms with van der Waals surface area (Å²) in [6.07, 6.45) is 2.70. The second kappa shape index (κ2) is 7.09. The van der Waals surface area contributed by atoms with Crippen molar-refractivity contribution >= 4 is 23.3 Å². The van der Waals surface area contributed by atoms with Crippen LogP contribution in [0.2, 0.25) is 0 Å². The molecule has 0 spiro atoms. The van der Waals surface area contributed by atoms with Crippen LogP contribution in [0.3, 0.4) is 0 Å². The molecule has 1 N–H and O–H groups in total. The van der Waals surface area contributed by atoms with Gasteiger partial charge in [-0.15, -0.1) is 11.6 Å². The molecule has 0 bridgehead atoms. The SMILES string of the molecule is CCCCc1ccc(CC(Cl)C(=O)O)c([N+](=O)[O-])c1. The minimum atomic E-state index is -1.17. The molecule has 6 heteroatoms. The average molecular weight is 286 g/mol. The van der Waals surface area contributed by atoms with E-state index < -0.39 is 16.3 Å². The van der Waals surface area contributed by atoms with Crippen molar-refractivity contribution in [3.63, 3.8) is 0 Å². The van der Waals surface area contributed by atoms with Crippen molar-refractivity contribution in [1.29, 1.82) is 0 Å². The predicted octanol–water partition coefficient (Wildman–Crippen LogP) is 3.17. The van der Waals surface area contributed by atoms with Crippen molar-refractivity contribution in [2.45, 2.75) is 38.0 Å². The van der Waals surface area contributed by atoms with Crippen LogP contribution in [-0.4, -0.2) is 21.4 Å². The van der Waals surface area contributed by atoms with Gasteiger partial charge in [0.05, 0.1) is 4.92 Å². The molecule has 104 valence electrons. The van der Waals surface area contributed by atoms with E-state index in [1.54, 1.807) is 12.1 Å². The maximum absolute atomic E-state index is 11.0. The van der Waals surface area contributed by atoms with Crippen LogP contribution in [0.25, 0.3) is 0 Å². The van der Waals surface area contributed by atoms with Crippen LogP contribution >= 0.6 is 11.6 Å². The van der Waals surface area contributed by atoms with Gasteiger partial charge in [0.25, 0.3) is 5.69 Å². The monoisotopic (exact) mass is 285 g/mol. The molecule has 1 rings (SSSR count). The van der Waals surface area contributed by atoms with Gasteiger partial charge in [-0.1, -0.05) is 25.5 Å². The van der Waals surface area contributed by atoms with Gasteiger partial charge in [0.2, 0.25) is 0 Å². The Morgan fingerprint density at radius 3 is 2.74 bits per heavy atom. The van der Waals surface area contributed by atoms with Crippen LogP contribution in [0, 0.1) is 10.1 Å². The van der Waals surface area contributed by atoms with Crippen molar-refractivity contribution in [2.24, 2.45) is 0 Å². The number of nitro groups is 1. The first-order valence-corrected chi connectivity index (χ1v) is 6.52. The fourth-order valence-corrected chi connectivity index (χ4v) is 1.94. The molecule has 1 aromatic rings. The number of carboxylic acids is 1. The molecule has 1 atom stereocenters. The van der Waals surface area contributed by atoms with Gasteiger partial charge in [0, 0.05) is 18.1 Å². The smallest absolute Gasteiger partial charge is 0.321 e. The fraction of sp³-hybridized carbons (Fsp3) is 0.462. The number of carboxylic acid groups (broad SMARTS) is 1. The van der Waals surface area contributed by atoms with Crippen molar-refractivity contribution in [3.05, 3.63) is 39.4 Å². The van der Waals surface area contributed by atoms with E-state index in [1.165, 1.54) is 6.07 Å². The van der Waals surface area contributed by atoms with Gasteiger partial charge in [0.15, 0.2) is 0 Å². The van der Waals surface area contributed by atoms with Crippen LogP contribution in [0.1, 0.15) is 30.9 Å². The van der Waals surface area contributed by atoms with Gasteiger partial charge in [-0.3, -0.25) is 14.9 Å². The summed E-state index contributed by atoms with van der Waals surface area (Å²) >= 11 is 5.63. The molecule has 0 heterocycles. The fourth-order valence-electron chi connectivity index (χ4n) is 1.77. The van der Waals surface area contributed by atoms with E-state index in [1.807, 2.05) is 6.92 Å². The quantitative estimate of drug-likeness (QED) is 0.474. The van der Waals surface area contributed by atoms with Crippen LogP contribution in [-0.2, 0) is 17.6 Å². The highest BCUT2D eigenvalue weighted by molar-refractivity contribution is 6.29. The summed E-state index contributed by atoms with van der Waals surface area (Å²) in [5.74, 6) is -1.17. The number of nitrogens with zero attached hydrogens (tertiary/aromatic N) is 1. The average Bonchev–Trinajstić information content (AvgIpc) is 2.37. The second-order valence-corrected chi connectivity index (χ2v) is 4.86. The highest BCUT2D eigenvalue weighted by Crippen LogP contribution is 2.24. The van der Waals surface area contributed by atoms with Gasteiger partial charge in [-0.2, -0.15) is 0 Å². The third kappa shape index (κ3) is 4.52. The van der Waals surface area contributed by atoms with Gasteiger partial charge >= 0.3 is 5.97 Å². The topological polar surface area (TPSA) is 80.4 Å². The van der Waals surface area contributed by atoms with Gasteiger partial charge < -0.3 is 5.11 Å². The van der Waals surface area contributed by atoms with E-state index in [9.17, 15) is 14.9 Å². The molecule has 1 unspecified atom stereocenters. The zero-order valence-corrected chi connectivity index (χ0v) is 11.4. The minimum Gasteiger partial charge on any atom is -0.480 e. The number of benzene rings is 1. The molecular weight excluding hydrogens is 270 g/mol. The number of halogens is 1. The molecule has 0 aliphatic rings. The molecule has 19 heavy (non-hydrogen) atoms. The summed E-state index contributed by atoms with van der Waals surface area (Å²) in [6, 6.07) is 4.90. The van der Waals surface area contributed by atoms with E-state index in [0.29, 0.717) is 5.56 Å². The van der Waals surface area contributed by atoms with E-state index in [2.05, 4.69) is 0 Å². The third-order valence-corrected chi connectivity index (χ3v) is 3.17. The van der Waals surface area contributed by atoms with Crippen LogP contribution in [0.15, 0.2) is 18.2 Å². The summed E-state index contributed by atoms with van der Waals surface area (Å²) in [4.78, 5) is 21.2. The van der Waals surface area contributed by atoms with Gasteiger partial charge in [-0.25, -0.2) is 0 Å². The van der Waals surface area contributed by atoms with Crippen molar-refractivity contribution in [2.75, 3.05) is 0 Å². The number of carbonyl (C=O) groups is 1. The molecule has 0 aliphatic heterocycles. The first-order valence-electron chi connectivity index (χ1n) is 6.08. The molecule has 0 saturated heterocycles. The zero-order chi connectivity index (χ0) is 14.4. The second-order valence-electron chi connectivity index (χ2n) is 4.33. The normalized spacial score (nSPS) is 12.1. The van der Waals surface area contributed by atoms with E-state index in [4.69, 9.17) is 16.7 Å². The molecule has 0 aromatic heterocycles. The van der Waals surface area contributed by atoms with E-state index in [-0.39, 0.29) is 12.1 Å². The summed E-state index contributed by atoms with van der Waals surface area (Å²) in [6.45, 7) is 2.05. The number of nitro benzene ring substituents is 1. The number of hydrogen-bond donors (Lipinski definition) is 1. The Morgan fingerprint density at radius 1 is 1.53 bits per heavy atom. The Hall–Kier alpha value is -1.62. The lowest BCUT2D eigenvalue weighted by Crippen LogP contribution is -2.16. The first kappa shape index (κ1) is 15.4. The highest BCUT2D eigenvalue weighted by atomic mass is 35.5. The molecule has 0 amide bonds. The van der Waals surface area contributed by atoms with Crippen LogP contribution < -0.4 is 0 Å². The molecule has 0 aliphatic carbocycles. The Balaban J connectivity index is 2.98. The molecule has 0 saturated carbocycles. The molecule has 0 radical (unpaired) electrons. The summed E-state index contributed by atoms with van der Waals surface area (Å²) in [5, 5.41) is 18.6. The van der Waals surface area contributed by atoms with E-state index in [0.717, 1.165) is 24.8 Å². The summed E-state index contributed by atoms with van der Waals surface area (Å²) < 4.78 is 0. The van der Waals surface area contributed by atoms with Gasteiger partial charge in [-0.05, 0) is 18.4 Å². The molecule has 5 nitrogen and oxygen atoms in total. The van der Waals surface area contributed by atoms with Crippen molar-refractivity contribution in [1.82, 2.24) is 0 Å². The Labute approximate surface area is 116 Å². The lowest BCUT2D eigenvalue weighted by molar-refractivity contribution is -0.385. The first-order chi connectivity index (χ1) is 8.95. The van der Waals surface area contributed by atoms with Crippen LogP contribution in [0.4, 0.5) is 5.69 Å². The lowest BCUT2D eigenvalue weighted by Gasteiger charge is -2.07. The highest BCUT2D eigenvalue weighted by Gasteiger charge is 2.21. The number of rotatable bonds is 7.